The molecular weight excluding hydrogens is 360 g/mol. The smallest absolute Gasteiger partial charge is 0.191 e. The van der Waals surface area contributed by atoms with Crippen LogP contribution in [0.2, 0.25) is 0 Å². The minimum Gasteiger partial charge on any atom is -0.356 e. The lowest BCUT2D eigenvalue weighted by Gasteiger charge is -2.31. The summed E-state index contributed by atoms with van der Waals surface area (Å²) in [5, 5.41) is 11.1. The van der Waals surface area contributed by atoms with Crippen molar-refractivity contribution in [2.24, 2.45) is 4.99 Å². The first-order valence-corrected chi connectivity index (χ1v) is 10.9. The average Bonchev–Trinajstić information content (AvgIpc) is 3.28. The highest BCUT2D eigenvalue weighted by Gasteiger charge is 2.18. The predicted octanol–water partition coefficient (Wildman–Crippen LogP) is 3.40. The molecule has 0 atom stereocenters. The minimum absolute atomic E-state index is 0.731. The van der Waals surface area contributed by atoms with Crippen LogP contribution in [0.15, 0.2) is 47.7 Å². The highest BCUT2D eigenvalue weighted by Crippen LogP contribution is 2.23. The second-order valence-corrected chi connectivity index (χ2v) is 7.95. The van der Waals surface area contributed by atoms with E-state index in [0.717, 1.165) is 44.6 Å². The molecule has 158 valence electrons. The molecule has 1 aromatic carbocycles. The van der Waals surface area contributed by atoms with Crippen LogP contribution in [-0.2, 0) is 19.6 Å². The summed E-state index contributed by atoms with van der Waals surface area (Å²) < 4.78 is 1.96. The van der Waals surface area contributed by atoms with Gasteiger partial charge in [-0.25, -0.2) is 0 Å². The Kier molecular flexibility index (Phi) is 8.56. The van der Waals surface area contributed by atoms with Crippen molar-refractivity contribution in [1.82, 2.24) is 25.3 Å². The molecule has 6 heteroatoms. The number of hydrogen-bond donors (Lipinski definition) is 2. The summed E-state index contributed by atoms with van der Waals surface area (Å²) >= 11 is 0. The molecule has 6 nitrogen and oxygen atoms in total. The predicted molar refractivity (Wildman–Crippen MR) is 120 cm³/mol. The SMILES string of the molecule is CN=C(NCCCn1cccn1)NCc1ccccc1CN(C)C1CCCCC1. The van der Waals surface area contributed by atoms with Crippen molar-refractivity contribution >= 4 is 5.96 Å². The van der Waals surface area contributed by atoms with E-state index in [1.54, 1.807) is 0 Å². The lowest BCUT2D eigenvalue weighted by molar-refractivity contribution is 0.184. The van der Waals surface area contributed by atoms with E-state index in [0.29, 0.717) is 0 Å². The summed E-state index contributed by atoms with van der Waals surface area (Å²) in [6.45, 7) is 3.57. The van der Waals surface area contributed by atoms with E-state index in [2.05, 4.69) is 56.9 Å². The van der Waals surface area contributed by atoms with Gasteiger partial charge in [0.1, 0.15) is 0 Å². The van der Waals surface area contributed by atoms with Crippen LogP contribution >= 0.6 is 0 Å². The Morgan fingerprint density at radius 1 is 1.14 bits per heavy atom. The number of guanidine groups is 1. The first-order chi connectivity index (χ1) is 14.3. The molecule has 0 amide bonds. The molecule has 2 aromatic rings. The maximum Gasteiger partial charge on any atom is 0.191 e. The zero-order chi connectivity index (χ0) is 20.3. The Labute approximate surface area is 175 Å². The van der Waals surface area contributed by atoms with Gasteiger partial charge in [0.2, 0.25) is 0 Å². The number of nitrogens with zero attached hydrogens (tertiary/aromatic N) is 4. The molecule has 3 rings (SSSR count). The molecule has 1 fully saturated rings. The van der Waals surface area contributed by atoms with Gasteiger partial charge in [-0.2, -0.15) is 5.10 Å². The molecule has 0 radical (unpaired) electrons. The van der Waals surface area contributed by atoms with E-state index in [4.69, 9.17) is 0 Å². The Morgan fingerprint density at radius 3 is 2.66 bits per heavy atom. The van der Waals surface area contributed by atoms with Crippen LogP contribution < -0.4 is 10.6 Å². The number of aromatic nitrogens is 2. The fourth-order valence-electron chi connectivity index (χ4n) is 4.08. The summed E-state index contributed by atoms with van der Waals surface area (Å²) in [5.74, 6) is 0.848. The van der Waals surface area contributed by atoms with Crippen LogP contribution in [0.1, 0.15) is 49.7 Å². The Hall–Kier alpha value is -2.34. The van der Waals surface area contributed by atoms with Gasteiger partial charge in [0.15, 0.2) is 5.96 Å². The summed E-state index contributed by atoms with van der Waals surface area (Å²) in [6, 6.07) is 11.4. The van der Waals surface area contributed by atoms with Crippen LogP contribution in [0.25, 0.3) is 0 Å². The molecule has 29 heavy (non-hydrogen) atoms. The molecule has 1 heterocycles. The summed E-state index contributed by atoms with van der Waals surface area (Å²) in [5.41, 5.74) is 2.75. The average molecular weight is 397 g/mol. The van der Waals surface area contributed by atoms with Crippen molar-refractivity contribution in [1.29, 1.82) is 0 Å². The number of aliphatic imine (C=N–C) groups is 1. The van der Waals surface area contributed by atoms with E-state index in [1.165, 1.54) is 43.2 Å². The van der Waals surface area contributed by atoms with E-state index >= 15 is 0 Å². The third-order valence-electron chi connectivity index (χ3n) is 5.82. The summed E-state index contributed by atoms with van der Waals surface area (Å²) in [7, 11) is 4.10. The molecule has 0 saturated heterocycles. The fraction of sp³-hybridized carbons (Fsp3) is 0.565. The molecule has 1 saturated carbocycles. The highest BCUT2D eigenvalue weighted by molar-refractivity contribution is 5.79. The Balaban J connectivity index is 1.46. The Morgan fingerprint density at radius 2 is 1.93 bits per heavy atom. The second-order valence-electron chi connectivity index (χ2n) is 7.95. The van der Waals surface area contributed by atoms with Gasteiger partial charge in [-0.1, -0.05) is 43.5 Å². The molecule has 2 N–H and O–H groups in total. The van der Waals surface area contributed by atoms with E-state index in [1.807, 2.05) is 30.2 Å². The van der Waals surface area contributed by atoms with Crippen molar-refractivity contribution < 1.29 is 0 Å². The van der Waals surface area contributed by atoms with Gasteiger partial charge in [0.25, 0.3) is 0 Å². The van der Waals surface area contributed by atoms with Gasteiger partial charge < -0.3 is 10.6 Å². The van der Waals surface area contributed by atoms with Gasteiger partial charge in [-0.3, -0.25) is 14.6 Å². The Bertz CT molecular complexity index is 734. The summed E-state index contributed by atoms with van der Waals surface area (Å²) in [4.78, 5) is 6.91. The lowest BCUT2D eigenvalue weighted by atomic mass is 9.94. The second kappa shape index (κ2) is 11.6. The zero-order valence-electron chi connectivity index (χ0n) is 18.0. The molecule has 0 spiro atoms. The monoisotopic (exact) mass is 396 g/mol. The van der Waals surface area contributed by atoms with Gasteiger partial charge in [-0.15, -0.1) is 0 Å². The molecule has 0 bridgehead atoms. The normalized spacial score (nSPS) is 15.6. The molecule has 1 aliphatic carbocycles. The van der Waals surface area contributed by atoms with Crippen molar-refractivity contribution in [3.8, 4) is 0 Å². The van der Waals surface area contributed by atoms with Gasteiger partial charge in [-0.05, 0) is 43.5 Å². The van der Waals surface area contributed by atoms with E-state index in [-0.39, 0.29) is 0 Å². The van der Waals surface area contributed by atoms with E-state index in [9.17, 15) is 0 Å². The van der Waals surface area contributed by atoms with Gasteiger partial charge in [0, 0.05) is 51.7 Å². The van der Waals surface area contributed by atoms with Crippen LogP contribution in [0.4, 0.5) is 0 Å². The van der Waals surface area contributed by atoms with E-state index < -0.39 is 0 Å². The number of nitrogens with one attached hydrogen (secondary N) is 2. The standard InChI is InChI=1S/C23H36N6/c1-24-23(25-14-8-16-29-17-9-15-27-29)26-18-20-10-6-7-11-21(20)19-28(2)22-12-4-3-5-13-22/h6-7,9-11,15,17,22H,3-5,8,12-14,16,18-19H2,1-2H3,(H2,24,25,26). The molecule has 0 aliphatic heterocycles. The van der Waals surface area contributed by atoms with Crippen molar-refractivity contribution in [2.75, 3.05) is 20.6 Å². The number of aryl methyl sites for hydroxylation is 1. The van der Waals surface area contributed by atoms with Crippen LogP contribution in [0, 0.1) is 0 Å². The van der Waals surface area contributed by atoms with Crippen molar-refractivity contribution in [2.45, 2.75) is 64.2 Å². The fourth-order valence-corrected chi connectivity index (χ4v) is 4.08. The first kappa shape index (κ1) is 21.4. The summed E-state index contributed by atoms with van der Waals surface area (Å²) in [6.07, 6.45) is 11.6. The maximum absolute atomic E-state index is 4.36. The minimum atomic E-state index is 0.731. The molecule has 0 unspecified atom stereocenters. The largest absolute Gasteiger partial charge is 0.356 e. The van der Waals surface area contributed by atoms with Gasteiger partial charge >= 0.3 is 0 Å². The van der Waals surface area contributed by atoms with Crippen molar-refractivity contribution in [3.63, 3.8) is 0 Å². The first-order valence-electron chi connectivity index (χ1n) is 10.9. The van der Waals surface area contributed by atoms with Gasteiger partial charge in [0.05, 0.1) is 0 Å². The molecule has 1 aliphatic rings. The van der Waals surface area contributed by atoms with Crippen molar-refractivity contribution in [3.05, 3.63) is 53.9 Å². The quantitative estimate of drug-likeness (QED) is 0.387. The lowest BCUT2D eigenvalue weighted by Crippen LogP contribution is -2.38. The molecule has 1 aromatic heterocycles. The zero-order valence-corrected chi connectivity index (χ0v) is 18.0. The van der Waals surface area contributed by atoms with Crippen LogP contribution in [0.3, 0.4) is 0 Å². The topological polar surface area (TPSA) is 57.5 Å². The number of rotatable bonds is 9. The third kappa shape index (κ3) is 6.89. The number of benzene rings is 1. The van der Waals surface area contributed by atoms with Crippen LogP contribution in [-0.4, -0.2) is 47.3 Å². The highest BCUT2D eigenvalue weighted by atomic mass is 15.3. The third-order valence-corrected chi connectivity index (χ3v) is 5.82. The molecular formula is C23H36N6. The number of hydrogen-bond acceptors (Lipinski definition) is 3. The maximum atomic E-state index is 4.36. The van der Waals surface area contributed by atoms with Crippen LogP contribution in [0.5, 0.6) is 0 Å².